The topological polar surface area (TPSA) is 104 Å². The lowest BCUT2D eigenvalue weighted by Gasteiger charge is -2.53. The van der Waals surface area contributed by atoms with E-state index in [0.29, 0.717) is 46.9 Å². The highest BCUT2D eigenvalue weighted by Crippen LogP contribution is 2.67. The standard InChI is InChI=1S/C24H24BrClO8/c1-10-7-12-16(17(28)15-11(18(12)30-2)5-4-6-13(15)27)19-14(10)20-21-24(31-3,33-19)22(29,8-25)23(9-26,32-20)34-21/h7,20-21,28-29H,4-6,8-9H2,1-3H3/t20?,21?,22-,23?,24-/m1/s1. The van der Waals surface area contributed by atoms with E-state index >= 15 is 0 Å². The van der Waals surface area contributed by atoms with Crippen LogP contribution in [-0.4, -0.2) is 64.7 Å². The van der Waals surface area contributed by atoms with E-state index in [-0.39, 0.29) is 34.1 Å². The van der Waals surface area contributed by atoms with Crippen LogP contribution in [-0.2, 0) is 20.6 Å². The maximum absolute atomic E-state index is 12.9. The molecule has 34 heavy (non-hydrogen) atoms. The van der Waals surface area contributed by atoms with Crippen molar-refractivity contribution in [2.75, 3.05) is 25.4 Å². The number of ether oxygens (including phenoxy) is 5. The van der Waals surface area contributed by atoms with Crippen LogP contribution in [0.25, 0.3) is 10.8 Å². The fourth-order valence-electron chi connectivity index (χ4n) is 6.28. The molecule has 2 aromatic carbocycles. The second-order valence-corrected chi connectivity index (χ2v) is 10.1. The van der Waals surface area contributed by atoms with E-state index in [1.807, 2.05) is 13.0 Å². The van der Waals surface area contributed by atoms with Crippen molar-refractivity contribution in [1.29, 1.82) is 0 Å². The van der Waals surface area contributed by atoms with Gasteiger partial charge in [-0.15, -0.1) is 11.6 Å². The molecule has 4 aliphatic rings. The summed E-state index contributed by atoms with van der Waals surface area (Å²) in [6, 6.07) is 1.90. The number of halogens is 2. The third-order valence-electron chi connectivity index (χ3n) is 7.84. The number of phenolic OH excluding ortho intramolecular Hbond substituents is 1. The average Bonchev–Trinajstić information content (AvgIpc) is 3.33. The van der Waals surface area contributed by atoms with Gasteiger partial charge < -0.3 is 33.9 Å². The van der Waals surface area contributed by atoms with Crippen LogP contribution < -0.4 is 9.47 Å². The van der Waals surface area contributed by atoms with Crippen molar-refractivity contribution >= 4 is 44.1 Å². The van der Waals surface area contributed by atoms with E-state index in [0.717, 1.165) is 5.56 Å². The Kier molecular flexibility index (Phi) is 4.84. The van der Waals surface area contributed by atoms with Gasteiger partial charge in [0.1, 0.15) is 23.4 Å². The first kappa shape index (κ1) is 22.8. The van der Waals surface area contributed by atoms with Crippen LogP contribution >= 0.6 is 27.5 Å². The number of Topliss-reactive ketones (excluding diaryl/α,β-unsaturated/α-hetero) is 1. The van der Waals surface area contributed by atoms with E-state index in [1.54, 1.807) is 7.11 Å². The van der Waals surface area contributed by atoms with Crippen LogP contribution in [0.15, 0.2) is 6.07 Å². The van der Waals surface area contributed by atoms with Crippen LogP contribution in [0.3, 0.4) is 0 Å². The van der Waals surface area contributed by atoms with Gasteiger partial charge in [-0.3, -0.25) is 4.79 Å². The highest BCUT2D eigenvalue weighted by molar-refractivity contribution is 9.09. The highest BCUT2D eigenvalue weighted by atomic mass is 79.9. The smallest absolute Gasteiger partial charge is 0.275 e. The van der Waals surface area contributed by atoms with Crippen LogP contribution in [0.4, 0.5) is 0 Å². The Labute approximate surface area is 209 Å². The molecule has 2 aromatic rings. The monoisotopic (exact) mass is 554 g/mol. The second-order valence-electron chi connectivity index (χ2n) is 9.30. The third-order valence-corrected chi connectivity index (χ3v) is 9.00. The summed E-state index contributed by atoms with van der Waals surface area (Å²) < 4.78 is 30.6. The molecule has 2 saturated heterocycles. The molecule has 5 atom stereocenters. The van der Waals surface area contributed by atoms with E-state index in [1.165, 1.54) is 7.11 Å². The molecule has 0 saturated carbocycles. The third kappa shape index (κ3) is 2.32. The minimum atomic E-state index is -1.81. The van der Waals surface area contributed by atoms with Crippen LogP contribution in [0, 0.1) is 6.92 Å². The first-order chi connectivity index (χ1) is 16.2. The first-order valence-corrected chi connectivity index (χ1v) is 12.8. The summed E-state index contributed by atoms with van der Waals surface area (Å²) in [6.07, 6.45) is 0.161. The van der Waals surface area contributed by atoms with Crippen LogP contribution in [0.2, 0.25) is 0 Å². The van der Waals surface area contributed by atoms with E-state index in [4.69, 9.17) is 35.3 Å². The van der Waals surface area contributed by atoms with Gasteiger partial charge in [-0.2, -0.15) is 0 Å². The molecular formula is C24H24BrClO8. The zero-order valence-electron chi connectivity index (χ0n) is 18.9. The number of alkyl halides is 2. The molecule has 3 aliphatic heterocycles. The average molecular weight is 556 g/mol. The van der Waals surface area contributed by atoms with Crippen molar-refractivity contribution in [2.45, 2.75) is 55.6 Å². The van der Waals surface area contributed by atoms with Gasteiger partial charge >= 0.3 is 0 Å². The zero-order valence-corrected chi connectivity index (χ0v) is 21.2. The Morgan fingerprint density at radius 1 is 1.29 bits per heavy atom. The number of hydrogen-bond acceptors (Lipinski definition) is 8. The molecule has 1 aliphatic carbocycles. The largest absolute Gasteiger partial charge is 0.506 e. The minimum Gasteiger partial charge on any atom is -0.506 e. The SMILES string of the molecule is COc1c2c(c(O)c3c4c(c(C)cc13)C1OC3(CCl)OC1[C@@](OC)(O4)[C@@]3(O)CBr)C(=O)CCC2. The summed E-state index contributed by atoms with van der Waals surface area (Å²) >= 11 is 9.64. The maximum atomic E-state index is 12.9. The molecule has 0 radical (unpaired) electrons. The quantitative estimate of drug-likeness (QED) is 0.551. The fraction of sp³-hybridized carbons (Fsp3) is 0.542. The predicted molar refractivity (Wildman–Crippen MR) is 125 cm³/mol. The Morgan fingerprint density at radius 3 is 2.71 bits per heavy atom. The molecule has 8 nitrogen and oxygen atoms in total. The molecule has 2 bridgehead atoms. The van der Waals surface area contributed by atoms with Gasteiger partial charge in [0.15, 0.2) is 17.5 Å². The lowest BCUT2D eigenvalue weighted by atomic mass is 9.77. The Hall–Kier alpha value is -1.62. The first-order valence-electron chi connectivity index (χ1n) is 11.1. The molecule has 2 N–H and O–H groups in total. The molecule has 182 valence electrons. The number of benzene rings is 2. The van der Waals surface area contributed by atoms with Crippen molar-refractivity contribution in [2.24, 2.45) is 0 Å². The number of hydrogen-bond donors (Lipinski definition) is 2. The molecule has 0 spiro atoms. The van der Waals surface area contributed by atoms with Crippen molar-refractivity contribution in [1.82, 2.24) is 0 Å². The summed E-state index contributed by atoms with van der Waals surface area (Å²) in [5.41, 5.74) is 0.603. The van der Waals surface area contributed by atoms with Crippen LogP contribution in [0.5, 0.6) is 17.2 Å². The molecule has 2 fully saturated rings. The molecule has 0 aromatic heterocycles. The molecule has 6 rings (SSSR count). The van der Waals surface area contributed by atoms with Gasteiger partial charge in [-0.25, -0.2) is 0 Å². The molecular weight excluding hydrogens is 532 g/mol. The number of carbonyl (C=O) groups is 1. The molecule has 10 heteroatoms. The second kappa shape index (κ2) is 7.21. The Morgan fingerprint density at radius 2 is 2.06 bits per heavy atom. The lowest BCUT2D eigenvalue weighted by Crippen LogP contribution is -2.74. The van der Waals surface area contributed by atoms with Crippen molar-refractivity contribution in [3.8, 4) is 17.2 Å². The molecule has 3 unspecified atom stereocenters. The fourth-order valence-corrected chi connectivity index (χ4v) is 7.44. The minimum absolute atomic E-state index is 0.00789. The van der Waals surface area contributed by atoms with Gasteiger partial charge in [0.25, 0.3) is 5.79 Å². The number of ketones is 1. The molecule has 0 amide bonds. The number of phenols is 1. The summed E-state index contributed by atoms with van der Waals surface area (Å²) in [5, 5.41) is 24.2. The van der Waals surface area contributed by atoms with E-state index < -0.39 is 29.4 Å². The number of carbonyl (C=O) groups excluding carboxylic acids is 1. The van der Waals surface area contributed by atoms with Gasteiger partial charge in [-0.05, 0) is 31.4 Å². The van der Waals surface area contributed by atoms with Gasteiger partial charge in [-0.1, -0.05) is 15.9 Å². The zero-order chi connectivity index (χ0) is 24.2. The summed E-state index contributed by atoms with van der Waals surface area (Å²) in [4.78, 5) is 12.9. The number of fused-ring (bicyclic) bond motifs is 6. The predicted octanol–water partition coefficient (Wildman–Crippen LogP) is 3.65. The van der Waals surface area contributed by atoms with Gasteiger partial charge in [0.05, 0.1) is 23.9 Å². The number of aryl methyl sites for hydroxylation is 1. The Balaban J connectivity index is 1.72. The number of methoxy groups -OCH3 is 2. The Bertz CT molecular complexity index is 1270. The van der Waals surface area contributed by atoms with Crippen LogP contribution in [0.1, 0.15) is 46.0 Å². The van der Waals surface area contributed by atoms with E-state index in [2.05, 4.69) is 15.9 Å². The normalized spacial score (nSPS) is 35.3. The maximum Gasteiger partial charge on any atom is 0.275 e. The van der Waals surface area contributed by atoms with Crippen molar-refractivity contribution < 1.29 is 38.7 Å². The van der Waals surface area contributed by atoms with E-state index in [9.17, 15) is 15.0 Å². The number of aliphatic hydroxyl groups is 1. The van der Waals surface area contributed by atoms with Gasteiger partial charge in [0.2, 0.25) is 5.79 Å². The summed E-state index contributed by atoms with van der Waals surface area (Å²) in [7, 11) is 2.97. The summed E-state index contributed by atoms with van der Waals surface area (Å²) in [5.74, 6) is -2.91. The summed E-state index contributed by atoms with van der Waals surface area (Å²) in [6.45, 7) is 1.90. The van der Waals surface area contributed by atoms with Crippen molar-refractivity contribution in [3.05, 3.63) is 28.3 Å². The molecule has 3 heterocycles. The number of aromatic hydroxyl groups is 1. The van der Waals surface area contributed by atoms with Gasteiger partial charge in [0, 0.05) is 35.4 Å². The number of rotatable bonds is 4. The van der Waals surface area contributed by atoms with Crippen molar-refractivity contribution in [3.63, 3.8) is 0 Å². The lowest BCUT2D eigenvalue weighted by molar-refractivity contribution is -0.339. The highest BCUT2D eigenvalue weighted by Gasteiger charge is 2.84.